The minimum Gasteiger partial charge on any atom is -0.306 e. The lowest BCUT2D eigenvalue weighted by Gasteiger charge is -2.10. The number of benzene rings is 2. The highest BCUT2D eigenvalue weighted by Crippen LogP contribution is 2.24. The zero-order valence-electron chi connectivity index (χ0n) is 10.2. The lowest BCUT2D eigenvalue weighted by Crippen LogP contribution is -2.19. The molecular weight excluding hydrogens is 297 g/mol. The average Bonchev–Trinajstić information content (AvgIpc) is 2.43. The van der Waals surface area contributed by atoms with E-state index in [0.717, 1.165) is 0 Å². The van der Waals surface area contributed by atoms with Gasteiger partial charge in [0.1, 0.15) is 0 Å². The molecule has 20 heavy (non-hydrogen) atoms. The number of para-hydroxylation sites is 1. The van der Waals surface area contributed by atoms with Crippen LogP contribution in [-0.4, -0.2) is 6.03 Å². The highest BCUT2D eigenvalue weighted by atomic mass is 35.5. The van der Waals surface area contributed by atoms with Crippen molar-refractivity contribution in [2.75, 3.05) is 10.6 Å². The number of anilines is 2. The van der Waals surface area contributed by atoms with Crippen molar-refractivity contribution in [2.45, 2.75) is 0 Å². The van der Waals surface area contributed by atoms with Crippen molar-refractivity contribution >= 4 is 40.6 Å². The Hall–Kier alpha value is -2.22. The molecule has 0 atom stereocenters. The van der Waals surface area contributed by atoms with Gasteiger partial charge in [0.05, 0.1) is 33.1 Å². The van der Waals surface area contributed by atoms with Crippen molar-refractivity contribution < 1.29 is 4.79 Å². The van der Waals surface area contributed by atoms with Gasteiger partial charge >= 0.3 is 6.03 Å². The van der Waals surface area contributed by atoms with Gasteiger partial charge in [-0.25, -0.2) is 4.79 Å². The second-order valence-electron chi connectivity index (χ2n) is 3.87. The molecule has 0 aliphatic carbocycles. The summed E-state index contributed by atoms with van der Waals surface area (Å²) in [4.78, 5) is 11.8. The Morgan fingerprint density at radius 2 is 1.65 bits per heavy atom. The molecule has 0 aliphatic rings. The maximum Gasteiger partial charge on any atom is 0.323 e. The highest BCUT2D eigenvalue weighted by molar-refractivity contribution is 6.34. The topological polar surface area (TPSA) is 64.9 Å². The van der Waals surface area contributed by atoms with Crippen molar-refractivity contribution in [1.82, 2.24) is 0 Å². The van der Waals surface area contributed by atoms with Crippen LogP contribution in [0.25, 0.3) is 0 Å². The van der Waals surface area contributed by atoms with Gasteiger partial charge in [0, 0.05) is 0 Å². The molecule has 2 N–H and O–H groups in total. The number of nitriles is 1. The Labute approximate surface area is 125 Å². The second-order valence-corrected chi connectivity index (χ2v) is 4.68. The number of urea groups is 1. The Bertz CT molecular complexity index is 695. The van der Waals surface area contributed by atoms with E-state index in [1.165, 1.54) is 6.07 Å². The van der Waals surface area contributed by atoms with E-state index in [2.05, 4.69) is 10.6 Å². The molecule has 0 fully saturated rings. The number of nitrogens with zero attached hydrogens (tertiary/aromatic N) is 1. The van der Waals surface area contributed by atoms with Crippen LogP contribution >= 0.6 is 23.2 Å². The largest absolute Gasteiger partial charge is 0.323 e. The number of carbonyl (C=O) groups is 1. The summed E-state index contributed by atoms with van der Waals surface area (Å²) < 4.78 is 0. The van der Waals surface area contributed by atoms with Gasteiger partial charge in [-0.15, -0.1) is 0 Å². The molecule has 4 nitrogen and oxygen atoms in total. The zero-order valence-corrected chi connectivity index (χ0v) is 11.7. The molecule has 0 bridgehead atoms. The molecule has 6 heteroatoms. The summed E-state index contributed by atoms with van der Waals surface area (Å²) in [5.74, 6) is 0. The minimum absolute atomic E-state index is 0.290. The Morgan fingerprint density at radius 3 is 2.25 bits per heavy atom. The summed E-state index contributed by atoms with van der Waals surface area (Å²) in [7, 11) is 0. The predicted octanol–water partition coefficient (Wildman–Crippen LogP) is 4.51. The smallest absolute Gasteiger partial charge is 0.306 e. The molecule has 0 heterocycles. The minimum atomic E-state index is -0.468. The number of nitrogens with one attached hydrogen (secondary N) is 2. The predicted molar refractivity (Wildman–Crippen MR) is 80.3 cm³/mol. The lowest BCUT2D eigenvalue weighted by molar-refractivity contribution is 0.262. The molecule has 2 rings (SSSR count). The van der Waals surface area contributed by atoms with E-state index in [4.69, 9.17) is 28.5 Å². The quantitative estimate of drug-likeness (QED) is 0.857. The number of halogens is 2. The summed E-state index contributed by atoms with van der Waals surface area (Å²) in [5.41, 5.74) is 1.33. The Kier molecular flexibility index (Phi) is 4.46. The van der Waals surface area contributed by atoms with Crippen LogP contribution in [0.1, 0.15) is 5.56 Å². The number of hydrogen-bond acceptors (Lipinski definition) is 2. The van der Waals surface area contributed by atoms with Crippen LogP contribution in [0.5, 0.6) is 0 Å². The van der Waals surface area contributed by atoms with Gasteiger partial charge in [0.25, 0.3) is 0 Å². The van der Waals surface area contributed by atoms with Crippen molar-refractivity contribution in [3.05, 3.63) is 58.1 Å². The first-order valence-electron chi connectivity index (χ1n) is 5.62. The molecule has 2 aromatic carbocycles. The normalized spacial score (nSPS) is 9.65. The molecule has 0 unspecified atom stereocenters. The van der Waals surface area contributed by atoms with Crippen molar-refractivity contribution in [2.24, 2.45) is 0 Å². The maximum atomic E-state index is 11.8. The number of amides is 2. The van der Waals surface area contributed by atoms with Gasteiger partial charge in [0.2, 0.25) is 0 Å². The summed E-state index contributed by atoms with van der Waals surface area (Å²) in [6, 6.07) is 13.0. The fourth-order valence-corrected chi connectivity index (χ4v) is 1.94. The first-order chi connectivity index (χ1) is 9.60. The Balaban J connectivity index is 2.09. The van der Waals surface area contributed by atoms with Crippen molar-refractivity contribution in [3.63, 3.8) is 0 Å². The number of rotatable bonds is 2. The fourth-order valence-electron chi connectivity index (χ4n) is 1.52. The molecule has 0 radical (unpaired) electrons. The van der Waals surface area contributed by atoms with Gasteiger partial charge in [-0.05, 0) is 30.3 Å². The SMILES string of the molecule is N#Cc1ccc(NC(=O)Nc2ccccc2Cl)c(Cl)c1. The van der Waals surface area contributed by atoms with E-state index >= 15 is 0 Å². The van der Waals surface area contributed by atoms with Gasteiger partial charge in [-0.3, -0.25) is 0 Å². The van der Waals surface area contributed by atoms with Crippen molar-refractivity contribution in [1.29, 1.82) is 5.26 Å². The standard InChI is InChI=1S/C14H9Cl2N3O/c15-10-3-1-2-4-12(10)18-14(20)19-13-6-5-9(8-17)7-11(13)16/h1-7H,(H2,18,19,20). The summed E-state index contributed by atoms with van der Waals surface area (Å²) >= 11 is 11.9. The molecule has 0 aromatic heterocycles. The van der Waals surface area contributed by atoms with Gasteiger partial charge < -0.3 is 10.6 Å². The van der Waals surface area contributed by atoms with Crippen LogP contribution in [0.3, 0.4) is 0 Å². The number of hydrogen-bond donors (Lipinski definition) is 2. The van der Waals surface area contributed by atoms with Crippen LogP contribution in [0.4, 0.5) is 16.2 Å². The summed E-state index contributed by atoms with van der Waals surface area (Å²) in [6.45, 7) is 0. The Morgan fingerprint density at radius 1 is 1.00 bits per heavy atom. The molecule has 2 aromatic rings. The molecule has 0 saturated carbocycles. The van der Waals surface area contributed by atoms with Crippen LogP contribution in [0.2, 0.25) is 10.0 Å². The third-order valence-electron chi connectivity index (χ3n) is 2.47. The van der Waals surface area contributed by atoms with Gasteiger partial charge in [0.15, 0.2) is 0 Å². The molecule has 0 aliphatic heterocycles. The lowest BCUT2D eigenvalue weighted by atomic mass is 10.2. The van der Waals surface area contributed by atoms with E-state index in [9.17, 15) is 4.79 Å². The summed E-state index contributed by atoms with van der Waals surface area (Å²) in [6.07, 6.45) is 0. The van der Waals surface area contributed by atoms with Crippen LogP contribution in [0.15, 0.2) is 42.5 Å². The average molecular weight is 306 g/mol. The number of carbonyl (C=O) groups excluding carboxylic acids is 1. The molecule has 100 valence electrons. The molecule has 0 saturated heterocycles. The third kappa shape index (κ3) is 3.41. The summed E-state index contributed by atoms with van der Waals surface area (Å²) in [5, 5.41) is 14.7. The zero-order chi connectivity index (χ0) is 14.5. The van der Waals surface area contributed by atoms with E-state index < -0.39 is 6.03 Å². The van der Waals surface area contributed by atoms with Gasteiger partial charge in [-0.1, -0.05) is 35.3 Å². The second kappa shape index (κ2) is 6.29. The third-order valence-corrected chi connectivity index (χ3v) is 3.11. The maximum absolute atomic E-state index is 11.8. The first-order valence-corrected chi connectivity index (χ1v) is 6.38. The van der Waals surface area contributed by atoms with E-state index in [0.29, 0.717) is 27.0 Å². The first kappa shape index (κ1) is 14.2. The van der Waals surface area contributed by atoms with E-state index in [1.54, 1.807) is 36.4 Å². The van der Waals surface area contributed by atoms with E-state index in [-0.39, 0.29) is 0 Å². The van der Waals surface area contributed by atoms with Gasteiger partial charge in [-0.2, -0.15) is 5.26 Å². The van der Waals surface area contributed by atoms with Crippen LogP contribution in [0, 0.1) is 11.3 Å². The molecular formula is C14H9Cl2N3O. The highest BCUT2D eigenvalue weighted by Gasteiger charge is 2.08. The van der Waals surface area contributed by atoms with Crippen molar-refractivity contribution in [3.8, 4) is 6.07 Å². The monoisotopic (exact) mass is 305 g/mol. The fraction of sp³-hybridized carbons (Fsp3) is 0. The van der Waals surface area contributed by atoms with E-state index in [1.807, 2.05) is 6.07 Å². The molecule has 2 amide bonds. The van der Waals surface area contributed by atoms with Crippen LogP contribution in [-0.2, 0) is 0 Å². The van der Waals surface area contributed by atoms with Crippen LogP contribution < -0.4 is 10.6 Å². The molecule has 0 spiro atoms.